The van der Waals surface area contributed by atoms with Crippen molar-refractivity contribution in [2.24, 2.45) is 5.73 Å². The van der Waals surface area contributed by atoms with Crippen LogP contribution in [0.1, 0.15) is 13.3 Å². The lowest BCUT2D eigenvalue weighted by atomic mass is 10.2. The van der Waals surface area contributed by atoms with Crippen molar-refractivity contribution in [3.05, 3.63) is 0 Å². The van der Waals surface area contributed by atoms with Gasteiger partial charge in [0.25, 0.3) is 0 Å². The largest absolute Gasteiger partial charge is 0.338 e. The first-order valence-corrected chi connectivity index (χ1v) is 3.18. The van der Waals surface area contributed by atoms with Gasteiger partial charge in [0, 0.05) is 6.42 Å². The summed E-state index contributed by atoms with van der Waals surface area (Å²) in [7, 11) is 4.31. The van der Waals surface area contributed by atoms with Crippen LogP contribution in [0.15, 0.2) is 0 Å². The average Bonchev–Trinajstić information content (AvgIpc) is 1.67. The smallest absolute Gasteiger partial charge is 0.0854 e. The highest BCUT2D eigenvalue weighted by molar-refractivity contribution is 4.44. The molecule has 0 aliphatic rings. The number of hydrogen-bond acceptors (Lipinski definition) is 1. The van der Waals surface area contributed by atoms with Crippen molar-refractivity contribution in [1.82, 2.24) is 0 Å². The molecule has 0 heterocycles. The molecule has 8 heavy (non-hydrogen) atoms. The zero-order chi connectivity index (χ0) is 6.57. The first kappa shape index (κ1) is 7.92. The molecule has 0 aliphatic heterocycles. The number of nitrogens with one attached hydrogen (secondary N) is 1. The minimum atomic E-state index is 0.708. The molecule has 0 aromatic rings. The number of quaternary nitrogens is 1. The summed E-state index contributed by atoms with van der Waals surface area (Å²) in [5.41, 5.74) is 5.35. The maximum Gasteiger partial charge on any atom is 0.0854 e. The van der Waals surface area contributed by atoms with Crippen LogP contribution >= 0.6 is 0 Å². The molecule has 0 aliphatic carbocycles. The fraction of sp³-hybridized carbons (Fsp3) is 1.00. The van der Waals surface area contributed by atoms with E-state index in [0.29, 0.717) is 6.04 Å². The topological polar surface area (TPSA) is 30.5 Å². The molecule has 1 unspecified atom stereocenters. The van der Waals surface area contributed by atoms with Crippen LogP contribution in [0, 0.1) is 0 Å². The highest BCUT2D eigenvalue weighted by Gasteiger charge is 2.03. The Bertz CT molecular complexity index is 52.5. The zero-order valence-corrected chi connectivity index (χ0v) is 6.07. The van der Waals surface area contributed by atoms with Crippen LogP contribution in [-0.2, 0) is 0 Å². The summed E-state index contributed by atoms with van der Waals surface area (Å²) in [6.45, 7) is 3.02. The molecule has 50 valence electrons. The predicted octanol–water partition coefficient (Wildman–Crippen LogP) is -1.13. The van der Waals surface area contributed by atoms with Crippen LogP contribution in [0.25, 0.3) is 0 Å². The van der Waals surface area contributed by atoms with E-state index in [4.69, 9.17) is 5.73 Å². The second-order valence-corrected chi connectivity index (χ2v) is 2.56. The Morgan fingerprint density at radius 3 is 2.12 bits per heavy atom. The Balaban J connectivity index is 3.17. The molecule has 0 saturated carbocycles. The van der Waals surface area contributed by atoms with Gasteiger partial charge in [-0.2, -0.15) is 0 Å². The van der Waals surface area contributed by atoms with Crippen LogP contribution in [0.3, 0.4) is 0 Å². The molecular formula is C6H17N2+. The quantitative estimate of drug-likeness (QED) is 0.481. The average molecular weight is 117 g/mol. The second-order valence-electron chi connectivity index (χ2n) is 2.56. The van der Waals surface area contributed by atoms with Gasteiger partial charge in [0.15, 0.2) is 0 Å². The molecule has 1 atom stereocenters. The SMILES string of the molecule is CC(CCN)[NH+](C)C. The standard InChI is InChI=1S/C6H16N2/c1-6(4-5-7)8(2)3/h6H,4-5,7H2,1-3H3/p+1. The lowest BCUT2D eigenvalue weighted by Crippen LogP contribution is -3.09. The van der Waals surface area contributed by atoms with Crippen molar-refractivity contribution in [3.8, 4) is 0 Å². The van der Waals surface area contributed by atoms with Crippen molar-refractivity contribution in [1.29, 1.82) is 0 Å². The third-order valence-corrected chi connectivity index (χ3v) is 1.59. The van der Waals surface area contributed by atoms with Crippen molar-refractivity contribution >= 4 is 0 Å². The van der Waals surface area contributed by atoms with Crippen molar-refractivity contribution < 1.29 is 4.90 Å². The fourth-order valence-electron chi connectivity index (χ4n) is 0.539. The normalized spacial score (nSPS) is 14.6. The number of nitrogens with two attached hydrogens (primary N) is 1. The lowest BCUT2D eigenvalue weighted by molar-refractivity contribution is -0.883. The summed E-state index contributed by atoms with van der Waals surface area (Å²) in [5.74, 6) is 0. The maximum absolute atomic E-state index is 5.35. The third-order valence-electron chi connectivity index (χ3n) is 1.59. The first-order valence-electron chi connectivity index (χ1n) is 3.18. The molecule has 0 radical (unpaired) electrons. The highest BCUT2D eigenvalue weighted by Crippen LogP contribution is 1.77. The molecule has 2 heteroatoms. The van der Waals surface area contributed by atoms with Crippen LogP contribution in [0.2, 0.25) is 0 Å². The Kier molecular flexibility index (Phi) is 3.83. The number of rotatable bonds is 3. The summed E-state index contributed by atoms with van der Waals surface area (Å²) < 4.78 is 0. The van der Waals surface area contributed by atoms with Gasteiger partial charge in [0.1, 0.15) is 0 Å². The second kappa shape index (κ2) is 3.87. The van der Waals surface area contributed by atoms with Gasteiger partial charge in [0.05, 0.1) is 20.1 Å². The van der Waals surface area contributed by atoms with Crippen molar-refractivity contribution in [2.45, 2.75) is 19.4 Å². The van der Waals surface area contributed by atoms with E-state index in [0.717, 1.165) is 13.0 Å². The molecule has 0 spiro atoms. The Morgan fingerprint density at radius 2 is 2.00 bits per heavy atom. The molecule has 0 amide bonds. The Morgan fingerprint density at radius 1 is 1.50 bits per heavy atom. The van der Waals surface area contributed by atoms with Gasteiger partial charge < -0.3 is 10.6 Å². The molecule has 0 rings (SSSR count). The van der Waals surface area contributed by atoms with Crippen molar-refractivity contribution in [2.75, 3.05) is 20.6 Å². The van der Waals surface area contributed by atoms with Gasteiger partial charge in [-0.3, -0.25) is 0 Å². The van der Waals surface area contributed by atoms with Gasteiger partial charge >= 0.3 is 0 Å². The fourth-order valence-corrected chi connectivity index (χ4v) is 0.539. The van der Waals surface area contributed by atoms with E-state index in [1.165, 1.54) is 4.90 Å². The first-order chi connectivity index (χ1) is 3.68. The van der Waals surface area contributed by atoms with E-state index in [9.17, 15) is 0 Å². The van der Waals surface area contributed by atoms with E-state index >= 15 is 0 Å². The van der Waals surface area contributed by atoms with E-state index in [1.807, 2.05) is 0 Å². The van der Waals surface area contributed by atoms with E-state index < -0.39 is 0 Å². The zero-order valence-electron chi connectivity index (χ0n) is 6.07. The van der Waals surface area contributed by atoms with Gasteiger partial charge in [-0.15, -0.1) is 0 Å². The molecule has 0 saturated heterocycles. The number of hydrogen-bond donors (Lipinski definition) is 2. The molecule has 0 aromatic carbocycles. The molecule has 0 bridgehead atoms. The summed E-state index contributed by atoms with van der Waals surface area (Å²) in [4.78, 5) is 1.48. The monoisotopic (exact) mass is 117 g/mol. The lowest BCUT2D eigenvalue weighted by Gasteiger charge is -2.14. The highest BCUT2D eigenvalue weighted by atomic mass is 15.1. The van der Waals surface area contributed by atoms with E-state index in [2.05, 4.69) is 21.0 Å². The minimum absolute atomic E-state index is 0.708. The van der Waals surface area contributed by atoms with Gasteiger partial charge in [-0.25, -0.2) is 0 Å². The van der Waals surface area contributed by atoms with Gasteiger partial charge in [0.2, 0.25) is 0 Å². The van der Waals surface area contributed by atoms with Crippen LogP contribution < -0.4 is 10.6 Å². The molecule has 2 nitrogen and oxygen atoms in total. The minimum Gasteiger partial charge on any atom is -0.338 e. The summed E-state index contributed by atoms with van der Waals surface area (Å²) in [5, 5.41) is 0. The van der Waals surface area contributed by atoms with E-state index in [-0.39, 0.29) is 0 Å². The van der Waals surface area contributed by atoms with E-state index in [1.54, 1.807) is 0 Å². The molecule has 3 N–H and O–H groups in total. The Labute approximate surface area is 51.7 Å². The summed E-state index contributed by atoms with van der Waals surface area (Å²) in [6, 6.07) is 0.708. The molecular weight excluding hydrogens is 100 g/mol. The van der Waals surface area contributed by atoms with Gasteiger partial charge in [-0.05, 0) is 13.5 Å². The molecule has 0 fully saturated rings. The summed E-state index contributed by atoms with van der Waals surface area (Å²) in [6.07, 6.45) is 1.13. The van der Waals surface area contributed by atoms with Crippen molar-refractivity contribution in [3.63, 3.8) is 0 Å². The molecule has 0 aromatic heterocycles. The predicted molar refractivity (Wildman–Crippen MR) is 35.9 cm³/mol. The summed E-state index contributed by atoms with van der Waals surface area (Å²) >= 11 is 0. The van der Waals surface area contributed by atoms with Crippen LogP contribution in [0.5, 0.6) is 0 Å². The van der Waals surface area contributed by atoms with Gasteiger partial charge in [-0.1, -0.05) is 0 Å². The van der Waals surface area contributed by atoms with Crippen LogP contribution in [0.4, 0.5) is 0 Å². The maximum atomic E-state index is 5.35. The third kappa shape index (κ3) is 2.99. The Hall–Kier alpha value is -0.0800. The van der Waals surface area contributed by atoms with Crippen LogP contribution in [-0.4, -0.2) is 26.7 Å².